The Morgan fingerprint density at radius 2 is 2.04 bits per heavy atom. The van der Waals surface area contributed by atoms with Crippen molar-refractivity contribution < 1.29 is 9.18 Å². The maximum atomic E-state index is 13.6. The fraction of sp³-hybridized carbons (Fsp3) is 0.250. The second kappa shape index (κ2) is 6.71. The van der Waals surface area contributed by atoms with Gasteiger partial charge in [-0.25, -0.2) is 9.37 Å². The zero-order valence-electron chi connectivity index (χ0n) is 14.1. The van der Waals surface area contributed by atoms with Gasteiger partial charge in [0.1, 0.15) is 17.0 Å². The second-order valence-corrected chi connectivity index (χ2v) is 6.47. The van der Waals surface area contributed by atoms with Crippen LogP contribution in [-0.4, -0.2) is 26.7 Å². The number of hydrogen-bond acceptors (Lipinski definition) is 3. The standard InChI is InChI=1S/C20H18FN3O2/c21-15-7-5-6-14(12-15)17-8-1-3-10-23(17)19(25)16-13-22-18-9-2-4-11-24(18)20(16)26/h2,4-7,9,11-13,17H,1,3,8,10H2. The Labute approximate surface area is 149 Å². The largest absolute Gasteiger partial charge is 0.331 e. The second-order valence-electron chi connectivity index (χ2n) is 6.47. The number of nitrogens with zero attached hydrogens (tertiary/aromatic N) is 3. The van der Waals surface area contributed by atoms with Gasteiger partial charge in [0.05, 0.1) is 6.04 Å². The summed E-state index contributed by atoms with van der Waals surface area (Å²) in [4.78, 5) is 31.7. The number of piperidine rings is 1. The first-order valence-corrected chi connectivity index (χ1v) is 8.68. The van der Waals surface area contributed by atoms with Gasteiger partial charge in [-0.05, 0) is 49.1 Å². The lowest BCUT2D eigenvalue weighted by Crippen LogP contribution is -2.41. The van der Waals surface area contributed by atoms with Gasteiger partial charge < -0.3 is 4.90 Å². The third kappa shape index (κ3) is 2.87. The summed E-state index contributed by atoms with van der Waals surface area (Å²) in [5.41, 5.74) is 0.905. The normalized spacial score (nSPS) is 17.4. The van der Waals surface area contributed by atoms with E-state index in [1.54, 1.807) is 35.4 Å². The van der Waals surface area contributed by atoms with E-state index >= 15 is 0 Å². The zero-order valence-corrected chi connectivity index (χ0v) is 14.1. The highest BCUT2D eigenvalue weighted by Gasteiger charge is 2.30. The van der Waals surface area contributed by atoms with Crippen LogP contribution in [0.4, 0.5) is 4.39 Å². The smallest absolute Gasteiger partial charge is 0.270 e. The van der Waals surface area contributed by atoms with Crippen molar-refractivity contribution in [2.24, 2.45) is 0 Å². The van der Waals surface area contributed by atoms with Gasteiger partial charge in [-0.15, -0.1) is 0 Å². The molecule has 132 valence electrons. The Morgan fingerprint density at radius 3 is 2.88 bits per heavy atom. The molecular formula is C20H18FN3O2. The predicted molar refractivity (Wildman–Crippen MR) is 95.5 cm³/mol. The van der Waals surface area contributed by atoms with Gasteiger partial charge in [0, 0.05) is 18.9 Å². The number of carbonyl (C=O) groups excluding carboxylic acids is 1. The summed E-state index contributed by atoms with van der Waals surface area (Å²) >= 11 is 0. The van der Waals surface area contributed by atoms with E-state index in [1.807, 2.05) is 6.07 Å². The minimum absolute atomic E-state index is 0.0389. The molecule has 1 atom stereocenters. The number of aromatic nitrogens is 2. The third-order valence-electron chi connectivity index (χ3n) is 4.84. The number of benzene rings is 1. The lowest BCUT2D eigenvalue weighted by atomic mass is 9.94. The highest BCUT2D eigenvalue weighted by molar-refractivity contribution is 5.94. The number of pyridine rings is 1. The number of carbonyl (C=O) groups is 1. The molecule has 0 spiro atoms. The molecule has 1 fully saturated rings. The Balaban J connectivity index is 1.74. The molecule has 2 aromatic heterocycles. The van der Waals surface area contributed by atoms with Crippen LogP contribution in [0.3, 0.4) is 0 Å². The Kier molecular flexibility index (Phi) is 4.24. The SMILES string of the molecule is O=C(c1cnc2ccccn2c1=O)N1CCCCC1c1cccc(F)c1. The van der Waals surface area contributed by atoms with E-state index in [-0.39, 0.29) is 28.9 Å². The Bertz CT molecular complexity index is 1030. The molecule has 0 N–H and O–H groups in total. The van der Waals surface area contributed by atoms with Crippen LogP contribution in [-0.2, 0) is 0 Å². The molecule has 26 heavy (non-hydrogen) atoms. The van der Waals surface area contributed by atoms with E-state index in [0.717, 1.165) is 24.8 Å². The Hall–Kier alpha value is -3.02. The summed E-state index contributed by atoms with van der Waals surface area (Å²) < 4.78 is 15.0. The summed E-state index contributed by atoms with van der Waals surface area (Å²) in [5.74, 6) is -0.678. The van der Waals surface area contributed by atoms with Gasteiger partial charge in [-0.2, -0.15) is 0 Å². The first kappa shape index (κ1) is 16.4. The van der Waals surface area contributed by atoms with Crippen LogP contribution < -0.4 is 5.56 Å². The van der Waals surface area contributed by atoms with Gasteiger partial charge in [0.2, 0.25) is 0 Å². The maximum absolute atomic E-state index is 13.6. The molecule has 0 radical (unpaired) electrons. The van der Waals surface area contributed by atoms with E-state index in [2.05, 4.69) is 4.98 Å². The van der Waals surface area contributed by atoms with E-state index in [4.69, 9.17) is 0 Å². The summed E-state index contributed by atoms with van der Waals surface area (Å²) in [7, 11) is 0. The molecule has 0 aliphatic carbocycles. The van der Waals surface area contributed by atoms with Gasteiger partial charge in [-0.3, -0.25) is 14.0 Å². The Morgan fingerprint density at radius 1 is 1.15 bits per heavy atom. The van der Waals surface area contributed by atoms with Crippen molar-refractivity contribution in [3.63, 3.8) is 0 Å². The molecule has 3 heterocycles. The van der Waals surface area contributed by atoms with Crippen LogP contribution in [0.25, 0.3) is 5.65 Å². The number of likely N-dealkylation sites (tertiary alicyclic amines) is 1. The summed E-state index contributed by atoms with van der Waals surface area (Å²) in [6, 6.07) is 11.3. The minimum Gasteiger partial charge on any atom is -0.331 e. The van der Waals surface area contributed by atoms with E-state index in [0.29, 0.717) is 12.2 Å². The number of fused-ring (bicyclic) bond motifs is 1. The topological polar surface area (TPSA) is 54.7 Å². The summed E-state index contributed by atoms with van der Waals surface area (Å²) in [6.45, 7) is 0.539. The first-order chi connectivity index (χ1) is 12.6. The lowest BCUT2D eigenvalue weighted by molar-refractivity contribution is 0.0608. The molecule has 0 bridgehead atoms. The van der Waals surface area contributed by atoms with Crippen molar-refractivity contribution in [1.82, 2.24) is 14.3 Å². The quantitative estimate of drug-likeness (QED) is 0.712. The van der Waals surface area contributed by atoms with Crippen molar-refractivity contribution in [2.45, 2.75) is 25.3 Å². The van der Waals surface area contributed by atoms with Crippen molar-refractivity contribution in [1.29, 1.82) is 0 Å². The molecule has 4 rings (SSSR count). The van der Waals surface area contributed by atoms with E-state index in [9.17, 15) is 14.0 Å². The minimum atomic E-state index is -0.385. The molecule has 1 aliphatic heterocycles. The summed E-state index contributed by atoms with van der Waals surface area (Å²) in [5, 5.41) is 0. The highest BCUT2D eigenvalue weighted by Crippen LogP contribution is 2.32. The first-order valence-electron chi connectivity index (χ1n) is 8.68. The van der Waals surface area contributed by atoms with Gasteiger partial charge in [-0.1, -0.05) is 18.2 Å². The highest BCUT2D eigenvalue weighted by atomic mass is 19.1. The number of hydrogen-bond donors (Lipinski definition) is 0. The average Bonchev–Trinajstić information content (AvgIpc) is 2.68. The van der Waals surface area contributed by atoms with Crippen LogP contribution >= 0.6 is 0 Å². The number of halogens is 1. The van der Waals surface area contributed by atoms with Crippen LogP contribution in [0.5, 0.6) is 0 Å². The monoisotopic (exact) mass is 351 g/mol. The van der Waals surface area contributed by atoms with Crippen molar-refractivity contribution >= 4 is 11.6 Å². The third-order valence-corrected chi connectivity index (χ3v) is 4.84. The molecule has 3 aromatic rings. The number of amides is 1. The van der Waals surface area contributed by atoms with Gasteiger partial charge in [0.15, 0.2) is 0 Å². The fourth-order valence-electron chi connectivity index (χ4n) is 3.56. The molecule has 1 aliphatic rings. The fourth-order valence-corrected chi connectivity index (χ4v) is 3.56. The van der Waals surface area contributed by atoms with Crippen LogP contribution in [0.2, 0.25) is 0 Å². The van der Waals surface area contributed by atoms with Crippen molar-refractivity contribution in [3.8, 4) is 0 Å². The van der Waals surface area contributed by atoms with Gasteiger partial charge in [0.25, 0.3) is 11.5 Å². The molecule has 1 amide bonds. The zero-order chi connectivity index (χ0) is 18.1. The van der Waals surface area contributed by atoms with Gasteiger partial charge >= 0.3 is 0 Å². The molecule has 1 unspecified atom stereocenters. The van der Waals surface area contributed by atoms with Crippen molar-refractivity contribution in [2.75, 3.05) is 6.54 Å². The predicted octanol–water partition coefficient (Wildman–Crippen LogP) is 3.20. The molecule has 6 heteroatoms. The van der Waals surface area contributed by atoms with Crippen LogP contribution in [0, 0.1) is 5.82 Å². The molecule has 0 saturated carbocycles. The number of rotatable bonds is 2. The molecule has 5 nitrogen and oxygen atoms in total. The molecule has 1 saturated heterocycles. The lowest BCUT2D eigenvalue weighted by Gasteiger charge is -2.36. The molecule has 1 aromatic carbocycles. The summed E-state index contributed by atoms with van der Waals surface area (Å²) in [6.07, 6.45) is 5.51. The molecular weight excluding hydrogens is 333 g/mol. The van der Waals surface area contributed by atoms with Crippen molar-refractivity contribution in [3.05, 3.63) is 82.2 Å². The average molecular weight is 351 g/mol. The van der Waals surface area contributed by atoms with Crippen LogP contribution in [0.1, 0.15) is 41.2 Å². The van der Waals surface area contributed by atoms with Crippen LogP contribution in [0.15, 0.2) is 59.7 Å². The van der Waals surface area contributed by atoms with E-state index < -0.39 is 0 Å². The van der Waals surface area contributed by atoms with E-state index in [1.165, 1.54) is 22.7 Å². The maximum Gasteiger partial charge on any atom is 0.270 e.